The molecule has 2 heterocycles. The van der Waals surface area contributed by atoms with Gasteiger partial charge in [-0.05, 0) is 13.2 Å². The Morgan fingerprint density at radius 1 is 1.58 bits per heavy atom. The number of aromatic nitrogens is 3. The number of nitrogens with one attached hydrogen (secondary N) is 1. The third kappa shape index (κ3) is 3.32. The Morgan fingerprint density at radius 2 is 2.37 bits per heavy atom. The first-order chi connectivity index (χ1) is 9.13. The van der Waals surface area contributed by atoms with E-state index in [1.54, 1.807) is 11.8 Å². The summed E-state index contributed by atoms with van der Waals surface area (Å²) >= 11 is 3.11. The van der Waals surface area contributed by atoms with Crippen molar-refractivity contribution >= 4 is 45.2 Å². The molecule has 0 spiro atoms. The van der Waals surface area contributed by atoms with Crippen molar-refractivity contribution < 1.29 is 9.53 Å². The van der Waals surface area contributed by atoms with E-state index >= 15 is 0 Å². The van der Waals surface area contributed by atoms with Gasteiger partial charge >= 0.3 is 5.97 Å². The number of fused-ring (bicyclic) bond motifs is 1. The van der Waals surface area contributed by atoms with Gasteiger partial charge in [-0.1, -0.05) is 11.8 Å². The average Bonchev–Trinajstić information content (AvgIpc) is 2.82. The van der Waals surface area contributed by atoms with Crippen LogP contribution in [-0.2, 0) is 9.53 Å². The van der Waals surface area contributed by atoms with Crippen LogP contribution < -0.4 is 5.32 Å². The van der Waals surface area contributed by atoms with Crippen LogP contribution in [0.15, 0.2) is 10.7 Å². The number of hydrogen-bond acceptors (Lipinski definition) is 8. The van der Waals surface area contributed by atoms with Crippen LogP contribution in [0.1, 0.15) is 13.3 Å². The van der Waals surface area contributed by atoms with Gasteiger partial charge in [-0.15, -0.1) is 11.3 Å². The molecule has 0 radical (unpaired) electrons. The molecule has 0 saturated heterocycles. The highest BCUT2D eigenvalue weighted by Crippen LogP contribution is 2.31. The number of carbonyl (C=O) groups excluding carboxylic acids is 1. The van der Waals surface area contributed by atoms with Gasteiger partial charge in [0.2, 0.25) is 0 Å². The lowest BCUT2D eigenvalue weighted by atomic mass is 10.2. The fourth-order valence-corrected chi connectivity index (χ4v) is 3.01. The minimum absolute atomic E-state index is 0.0645. The van der Waals surface area contributed by atoms with E-state index in [1.165, 1.54) is 24.8 Å². The molecule has 0 saturated carbocycles. The molecule has 8 heteroatoms. The first kappa shape index (κ1) is 14.0. The molecule has 0 aliphatic carbocycles. The first-order valence-corrected chi connectivity index (χ1v) is 7.67. The molecule has 0 aliphatic rings. The molecule has 1 N–H and O–H groups in total. The number of ether oxygens (including phenoxy) is 1. The van der Waals surface area contributed by atoms with Gasteiger partial charge in [0.1, 0.15) is 16.8 Å². The Balaban J connectivity index is 2.20. The highest BCUT2D eigenvalue weighted by Gasteiger charge is 2.14. The number of carbonyl (C=O) groups is 1. The van der Waals surface area contributed by atoms with Crippen molar-refractivity contribution in [2.45, 2.75) is 23.7 Å². The molecule has 1 unspecified atom stereocenters. The van der Waals surface area contributed by atoms with E-state index in [9.17, 15) is 4.79 Å². The Morgan fingerprint density at radius 3 is 3.05 bits per heavy atom. The van der Waals surface area contributed by atoms with Crippen LogP contribution in [0.5, 0.6) is 0 Å². The summed E-state index contributed by atoms with van der Waals surface area (Å²) in [7, 11) is 1.38. The number of hydrogen-bond donors (Lipinski definition) is 1. The van der Waals surface area contributed by atoms with Crippen LogP contribution in [0.25, 0.3) is 10.3 Å². The highest BCUT2D eigenvalue weighted by molar-refractivity contribution is 8.00. The van der Waals surface area contributed by atoms with E-state index in [1.807, 2.05) is 13.2 Å². The second kappa shape index (κ2) is 6.16. The molecule has 0 fully saturated rings. The quantitative estimate of drug-likeness (QED) is 0.669. The van der Waals surface area contributed by atoms with Crippen molar-refractivity contribution in [3.05, 3.63) is 6.33 Å². The van der Waals surface area contributed by atoms with E-state index in [0.29, 0.717) is 11.5 Å². The van der Waals surface area contributed by atoms with Crippen LogP contribution >= 0.6 is 23.1 Å². The van der Waals surface area contributed by atoms with Crippen molar-refractivity contribution in [3.8, 4) is 0 Å². The lowest BCUT2D eigenvalue weighted by molar-refractivity contribution is -0.140. The van der Waals surface area contributed by atoms with E-state index in [2.05, 4.69) is 25.0 Å². The van der Waals surface area contributed by atoms with Crippen LogP contribution in [0.4, 0.5) is 5.82 Å². The minimum atomic E-state index is -0.251. The molecule has 0 aromatic carbocycles. The summed E-state index contributed by atoms with van der Waals surface area (Å²) in [5.41, 5.74) is 0.678. The number of anilines is 1. The maximum atomic E-state index is 11.2. The number of nitrogens with zero attached hydrogens (tertiary/aromatic N) is 3. The molecule has 102 valence electrons. The third-order valence-electron chi connectivity index (χ3n) is 2.43. The van der Waals surface area contributed by atoms with Gasteiger partial charge in [0, 0.05) is 6.04 Å². The van der Waals surface area contributed by atoms with E-state index in [4.69, 9.17) is 0 Å². The highest BCUT2D eigenvalue weighted by atomic mass is 32.2. The molecule has 0 bridgehead atoms. The monoisotopic (exact) mass is 298 g/mol. The number of esters is 1. The Hall–Kier alpha value is -1.41. The normalized spacial score (nSPS) is 12.4. The zero-order valence-corrected chi connectivity index (χ0v) is 12.5. The Labute approximate surface area is 119 Å². The summed E-state index contributed by atoms with van der Waals surface area (Å²) in [5, 5.41) is 3.20. The van der Waals surface area contributed by atoms with Gasteiger partial charge in [0.25, 0.3) is 0 Å². The van der Waals surface area contributed by atoms with E-state index in [-0.39, 0.29) is 18.4 Å². The second-order valence-corrected chi connectivity index (χ2v) is 5.94. The Kier molecular flexibility index (Phi) is 4.54. The van der Waals surface area contributed by atoms with Gasteiger partial charge in [-0.25, -0.2) is 15.0 Å². The van der Waals surface area contributed by atoms with Crippen molar-refractivity contribution in [3.63, 3.8) is 0 Å². The second-order valence-electron chi connectivity index (χ2n) is 3.88. The van der Waals surface area contributed by atoms with Crippen LogP contribution in [0, 0.1) is 0 Å². The van der Waals surface area contributed by atoms with Crippen molar-refractivity contribution in [1.82, 2.24) is 15.0 Å². The van der Waals surface area contributed by atoms with Gasteiger partial charge < -0.3 is 10.1 Å². The summed E-state index contributed by atoms with van der Waals surface area (Å²) in [6.07, 6.45) is 3.73. The molecule has 2 aromatic heterocycles. The van der Waals surface area contributed by atoms with Crippen molar-refractivity contribution in [2.75, 3.05) is 18.7 Å². The summed E-state index contributed by atoms with van der Waals surface area (Å²) in [5.74, 6) is 0.457. The van der Waals surface area contributed by atoms with Crippen LogP contribution in [-0.4, -0.2) is 40.3 Å². The number of thiazole rings is 1. The maximum Gasteiger partial charge on any atom is 0.307 e. The van der Waals surface area contributed by atoms with Crippen LogP contribution in [0.3, 0.4) is 0 Å². The smallest absolute Gasteiger partial charge is 0.307 e. The molecule has 2 rings (SSSR count). The molecule has 0 amide bonds. The SMILES string of the molecule is COC(=O)CC(C)Nc1ncnc2nc(SC)sc12. The molecular weight excluding hydrogens is 284 g/mol. The van der Waals surface area contributed by atoms with Gasteiger partial charge in [-0.2, -0.15) is 0 Å². The molecule has 19 heavy (non-hydrogen) atoms. The van der Waals surface area contributed by atoms with Gasteiger partial charge in [-0.3, -0.25) is 4.79 Å². The fraction of sp³-hybridized carbons (Fsp3) is 0.455. The van der Waals surface area contributed by atoms with E-state index < -0.39 is 0 Å². The zero-order valence-electron chi connectivity index (χ0n) is 10.8. The van der Waals surface area contributed by atoms with Crippen LogP contribution in [0.2, 0.25) is 0 Å². The van der Waals surface area contributed by atoms with Gasteiger partial charge in [0.15, 0.2) is 9.99 Å². The number of methoxy groups -OCH3 is 1. The first-order valence-electron chi connectivity index (χ1n) is 5.63. The molecule has 1 atom stereocenters. The molecule has 2 aromatic rings. The minimum Gasteiger partial charge on any atom is -0.469 e. The number of rotatable bonds is 5. The van der Waals surface area contributed by atoms with Crippen molar-refractivity contribution in [2.24, 2.45) is 0 Å². The predicted octanol–water partition coefficient (Wildman–Crippen LogP) is 2.17. The lowest BCUT2D eigenvalue weighted by Gasteiger charge is -2.12. The third-order valence-corrected chi connectivity index (χ3v) is 4.47. The van der Waals surface area contributed by atoms with E-state index in [0.717, 1.165) is 9.04 Å². The van der Waals surface area contributed by atoms with Crippen molar-refractivity contribution in [1.29, 1.82) is 0 Å². The zero-order chi connectivity index (χ0) is 13.8. The summed E-state index contributed by atoms with van der Waals surface area (Å²) in [6, 6.07) is -0.0645. The molecule has 6 nitrogen and oxygen atoms in total. The summed E-state index contributed by atoms with van der Waals surface area (Å²) in [6.45, 7) is 1.90. The largest absolute Gasteiger partial charge is 0.469 e. The standard InChI is InChI=1S/C11H14N4O2S2/c1-6(4-7(16)17-2)14-9-8-10(13-5-12-9)15-11(18-3)19-8/h5-6H,4H2,1-3H3,(H,12,13,14). The topological polar surface area (TPSA) is 77.0 Å². The Bertz CT molecular complexity index is 587. The summed E-state index contributed by atoms with van der Waals surface area (Å²) in [4.78, 5) is 23.9. The number of thioether (sulfide) groups is 1. The molecule has 0 aliphatic heterocycles. The summed E-state index contributed by atoms with van der Waals surface area (Å²) < 4.78 is 6.49. The van der Waals surface area contributed by atoms with Gasteiger partial charge in [0.05, 0.1) is 13.5 Å². The molecular formula is C11H14N4O2S2. The maximum absolute atomic E-state index is 11.2. The average molecular weight is 298 g/mol. The lowest BCUT2D eigenvalue weighted by Crippen LogP contribution is -2.21. The fourth-order valence-electron chi connectivity index (χ4n) is 1.54. The predicted molar refractivity (Wildman–Crippen MR) is 76.7 cm³/mol.